The minimum atomic E-state index is -5.04. The molecule has 7 nitrogen and oxygen atoms in total. The number of hydrogen-bond acceptors (Lipinski definition) is 7. The van der Waals surface area contributed by atoms with Gasteiger partial charge in [-0.15, -0.1) is 0 Å². The minimum Gasteiger partial charge on any atom is -0.496 e. The van der Waals surface area contributed by atoms with Crippen LogP contribution in [0.25, 0.3) is 0 Å². The largest absolute Gasteiger partial charge is 0.496 e. The molecule has 0 amide bonds. The molecule has 0 radical (unpaired) electrons. The Balaban J connectivity index is 1.54. The number of epoxide rings is 1. The van der Waals surface area contributed by atoms with Crippen molar-refractivity contribution in [3.05, 3.63) is 81.9 Å². The molecule has 4 atom stereocenters. The van der Waals surface area contributed by atoms with Crippen LogP contribution in [0.4, 0.5) is 13.2 Å². The van der Waals surface area contributed by atoms with Gasteiger partial charge in [0.25, 0.3) is 0 Å². The van der Waals surface area contributed by atoms with Crippen molar-refractivity contribution in [3.63, 3.8) is 0 Å². The quantitative estimate of drug-likeness (QED) is 0.402. The van der Waals surface area contributed by atoms with Crippen LogP contribution in [-0.4, -0.2) is 39.8 Å². The highest BCUT2D eigenvalue weighted by molar-refractivity contribution is 6.31. The van der Waals surface area contributed by atoms with Gasteiger partial charge in [0.05, 0.1) is 19.0 Å². The Kier molecular flexibility index (Phi) is 7.16. The van der Waals surface area contributed by atoms with E-state index in [-0.39, 0.29) is 23.3 Å². The van der Waals surface area contributed by atoms with Gasteiger partial charge in [-0.3, -0.25) is 9.97 Å². The number of alkyl halides is 3. The molecule has 36 heavy (non-hydrogen) atoms. The first kappa shape index (κ1) is 26.2. The second kappa shape index (κ2) is 9.85. The molecule has 0 spiro atoms. The second-order valence-corrected chi connectivity index (χ2v) is 8.93. The van der Waals surface area contributed by atoms with Crippen LogP contribution in [0.1, 0.15) is 47.0 Å². The lowest BCUT2D eigenvalue weighted by Crippen LogP contribution is -2.47. The summed E-state index contributed by atoms with van der Waals surface area (Å²) in [7, 11) is 1.50. The predicted molar refractivity (Wildman–Crippen MR) is 124 cm³/mol. The van der Waals surface area contributed by atoms with Crippen LogP contribution in [0.5, 0.6) is 11.5 Å². The van der Waals surface area contributed by atoms with Crippen molar-refractivity contribution in [3.8, 4) is 11.5 Å². The predicted octanol–water partition coefficient (Wildman–Crippen LogP) is 4.97. The van der Waals surface area contributed by atoms with E-state index in [0.29, 0.717) is 22.8 Å². The molecule has 0 saturated carbocycles. The van der Waals surface area contributed by atoms with Crippen LogP contribution in [0.15, 0.2) is 48.8 Å². The Morgan fingerprint density at radius 1 is 1.14 bits per heavy atom. The number of ether oxygens (including phenoxy) is 3. The molecule has 4 rings (SSSR count). The van der Waals surface area contributed by atoms with E-state index in [1.165, 1.54) is 32.2 Å². The highest BCUT2D eigenvalue weighted by Gasteiger charge is 2.60. The summed E-state index contributed by atoms with van der Waals surface area (Å²) in [6, 6.07) is 9.54. The number of hydrogen-bond donors (Lipinski definition) is 2. The van der Waals surface area contributed by atoms with Crippen molar-refractivity contribution < 1.29 is 37.6 Å². The lowest BCUT2D eigenvalue weighted by Gasteiger charge is -2.35. The number of rotatable bonds is 8. The van der Waals surface area contributed by atoms with Crippen molar-refractivity contribution in [1.82, 2.24) is 9.97 Å². The zero-order chi connectivity index (χ0) is 26.3. The summed E-state index contributed by atoms with van der Waals surface area (Å²) in [5.41, 5.74) is -1.98. The maximum Gasteiger partial charge on any atom is 0.423 e. The van der Waals surface area contributed by atoms with Gasteiger partial charge >= 0.3 is 6.18 Å². The molecule has 2 heterocycles. The lowest BCUT2D eigenvalue weighted by atomic mass is 9.80. The highest BCUT2D eigenvalue weighted by atomic mass is 35.5. The van der Waals surface area contributed by atoms with E-state index in [9.17, 15) is 23.4 Å². The van der Waals surface area contributed by atoms with Gasteiger partial charge < -0.3 is 24.4 Å². The van der Waals surface area contributed by atoms with Crippen molar-refractivity contribution in [2.45, 2.75) is 50.5 Å². The molecule has 2 N–H and O–H groups in total. The molecular formula is C25H24ClF3N2O5. The van der Waals surface area contributed by atoms with Gasteiger partial charge in [0.1, 0.15) is 29.9 Å². The van der Waals surface area contributed by atoms with Crippen LogP contribution in [-0.2, 0) is 16.9 Å². The van der Waals surface area contributed by atoms with Crippen molar-refractivity contribution in [2.24, 2.45) is 0 Å². The number of aliphatic hydroxyl groups is 2. The summed E-state index contributed by atoms with van der Waals surface area (Å²) >= 11 is 6.35. The van der Waals surface area contributed by atoms with Gasteiger partial charge in [0.2, 0.25) is 5.60 Å². The van der Waals surface area contributed by atoms with Crippen LogP contribution in [0.2, 0.25) is 5.02 Å². The van der Waals surface area contributed by atoms with Gasteiger partial charge in [-0.2, -0.15) is 13.2 Å². The molecule has 11 heteroatoms. The Hall–Kier alpha value is -2.92. The number of benzene rings is 2. The first-order chi connectivity index (χ1) is 17.0. The molecule has 1 aliphatic rings. The summed E-state index contributed by atoms with van der Waals surface area (Å²) in [6.45, 7) is 2.90. The molecule has 0 bridgehead atoms. The molecular weight excluding hydrogens is 501 g/mol. The SMILES string of the molecule is COc1cc(C2OC2O)ccc1COc1ccc([C@@H](C)[C@@](O)(c2cnc(C)cn2)C(F)(F)F)c(Cl)c1. The Bertz CT molecular complexity index is 1240. The average Bonchev–Trinajstić information content (AvgIpc) is 3.58. The molecule has 3 aromatic rings. The lowest BCUT2D eigenvalue weighted by molar-refractivity contribution is -0.276. The molecule has 1 aliphatic heterocycles. The van der Waals surface area contributed by atoms with Crippen molar-refractivity contribution in [1.29, 1.82) is 0 Å². The normalized spacial score (nSPS) is 19.9. The van der Waals surface area contributed by atoms with Gasteiger partial charge in [-0.1, -0.05) is 36.7 Å². The number of aryl methyl sites for hydroxylation is 1. The van der Waals surface area contributed by atoms with Crippen molar-refractivity contribution >= 4 is 11.6 Å². The zero-order valence-electron chi connectivity index (χ0n) is 19.6. The van der Waals surface area contributed by atoms with Crippen LogP contribution >= 0.6 is 11.6 Å². The van der Waals surface area contributed by atoms with Crippen LogP contribution in [0.3, 0.4) is 0 Å². The number of methoxy groups -OCH3 is 1. The third kappa shape index (κ3) is 4.99. The van der Waals surface area contributed by atoms with E-state index in [2.05, 4.69) is 9.97 Å². The Labute approximate surface area is 210 Å². The summed E-state index contributed by atoms with van der Waals surface area (Å²) in [5.74, 6) is -0.654. The summed E-state index contributed by atoms with van der Waals surface area (Å²) in [4.78, 5) is 7.64. The van der Waals surface area contributed by atoms with E-state index >= 15 is 0 Å². The standard InChI is InChI=1S/C25H24ClF3N2O5/c1-13-10-31-21(11-30-13)24(33,25(27,28)29)14(2)18-7-6-17(9-19(18)26)35-12-16-5-4-15(8-20(16)34-3)22-23(32)36-22/h4-11,14,22-23,32-33H,12H2,1-3H3/t14-,22?,23?,24-/m1/s1. The summed E-state index contributed by atoms with van der Waals surface area (Å²) < 4.78 is 58.5. The number of nitrogens with zero attached hydrogens (tertiary/aromatic N) is 2. The fourth-order valence-electron chi connectivity index (χ4n) is 3.94. The third-order valence-electron chi connectivity index (χ3n) is 6.17. The highest BCUT2D eigenvalue weighted by Crippen LogP contribution is 2.49. The summed E-state index contributed by atoms with van der Waals surface area (Å²) in [6.07, 6.45) is -4.17. The van der Waals surface area contributed by atoms with Crippen LogP contribution in [0, 0.1) is 6.92 Å². The molecule has 1 aromatic heterocycles. The van der Waals surface area contributed by atoms with E-state index in [4.69, 9.17) is 25.8 Å². The fourth-order valence-corrected chi connectivity index (χ4v) is 4.28. The van der Waals surface area contributed by atoms with Gasteiger partial charge in [0, 0.05) is 22.7 Å². The molecule has 1 fully saturated rings. The maximum atomic E-state index is 14.1. The fraction of sp³-hybridized carbons (Fsp3) is 0.360. The van der Waals surface area contributed by atoms with Crippen LogP contribution < -0.4 is 9.47 Å². The molecule has 192 valence electrons. The van der Waals surface area contributed by atoms with Crippen molar-refractivity contribution in [2.75, 3.05) is 7.11 Å². The van der Waals surface area contributed by atoms with Gasteiger partial charge in [0.15, 0.2) is 6.29 Å². The van der Waals surface area contributed by atoms with E-state index < -0.39 is 29.7 Å². The van der Waals surface area contributed by atoms with Gasteiger partial charge in [-0.05, 0) is 36.2 Å². The van der Waals surface area contributed by atoms with E-state index in [0.717, 1.165) is 18.0 Å². The van der Waals surface area contributed by atoms with E-state index in [1.807, 2.05) is 0 Å². The molecule has 1 saturated heterocycles. The smallest absolute Gasteiger partial charge is 0.423 e. The number of aromatic nitrogens is 2. The monoisotopic (exact) mass is 524 g/mol. The molecule has 0 aliphatic carbocycles. The molecule has 2 aromatic carbocycles. The first-order valence-corrected chi connectivity index (χ1v) is 11.3. The third-order valence-corrected chi connectivity index (χ3v) is 6.50. The zero-order valence-corrected chi connectivity index (χ0v) is 20.3. The topological polar surface area (TPSA) is 97.2 Å². The number of halogens is 4. The molecule has 2 unspecified atom stereocenters. The van der Waals surface area contributed by atoms with Gasteiger partial charge in [-0.25, -0.2) is 0 Å². The Morgan fingerprint density at radius 3 is 2.42 bits per heavy atom. The Morgan fingerprint density at radius 2 is 1.86 bits per heavy atom. The maximum absolute atomic E-state index is 14.1. The second-order valence-electron chi connectivity index (χ2n) is 8.52. The average molecular weight is 525 g/mol. The van der Waals surface area contributed by atoms with E-state index in [1.54, 1.807) is 25.1 Å². The minimum absolute atomic E-state index is 0.00933. The number of aliphatic hydroxyl groups excluding tert-OH is 1. The summed E-state index contributed by atoms with van der Waals surface area (Å²) in [5, 5.41) is 20.3. The first-order valence-electron chi connectivity index (χ1n) is 11.0.